The highest BCUT2D eigenvalue weighted by molar-refractivity contribution is 5.73. The van der Waals surface area contributed by atoms with Crippen molar-refractivity contribution in [3.05, 3.63) is 54.9 Å². The van der Waals surface area contributed by atoms with Gasteiger partial charge in [0.2, 0.25) is 0 Å². The van der Waals surface area contributed by atoms with Gasteiger partial charge in [-0.25, -0.2) is 4.98 Å². The lowest BCUT2D eigenvalue weighted by molar-refractivity contribution is 0.475. The molecule has 0 atom stereocenters. The van der Waals surface area contributed by atoms with E-state index in [1.807, 2.05) is 36.4 Å². The Hall–Kier alpha value is -2.49. The van der Waals surface area contributed by atoms with Gasteiger partial charge in [-0.3, -0.25) is 0 Å². The Bertz CT molecular complexity index is 616. The molecule has 0 aliphatic carbocycles. The van der Waals surface area contributed by atoms with E-state index in [4.69, 9.17) is 5.11 Å². The van der Waals surface area contributed by atoms with Crippen LogP contribution in [0.2, 0.25) is 0 Å². The number of H-pyrrole nitrogens is 1. The van der Waals surface area contributed by atoms with Crippen LogP contribution >= 0.6 is 0 Å². The molecule has 4 nitrogen and oxygen atoms in total. The first-order valence-electron chi connectivity index (χ1n) is 7.20. The standard InChI is InChI=1S/C10H15NO.C7H6N2/c1-2-3-8-11-9-4-6-10(12)7-5-9;1-2-4-7-6(3-1)8-5-9-7/h4-7,11-12H,2-3,8H2,1H3;1-5H,(H,8,9). The summed E-state index contributed by atoms with van der Waals surface area (Å²) in [6.07, 6.45) is 4.08. The Kier molecular flexibility index (Phi) is 5.64. The first-order chi connectivity index (χ1) is 10.3. The molecule has 4 heteroatoms. The number of aromatic amines is 1. The van der Waals surface area contributed by atoms with Gasteiger partial charge in [-0.2, -0.15) is 0 Å². The largest absolute Gasteiger partial charge is 0.508 e. The van der Waals surface area contributed by atoms with Crippen molar-refractivity contribution in [1.82, 2.24) is 9.97 Å². The van der Waals surface area contributed by atoms with Crippen molar-refractivity contribution in [2.24, 2.45) is 0 Å². The quantitative estimate of drug-likeness (QED) is 0.497. The van der Waals surface area contributed by atoms with Crippen LogP contribution < -0.4 is 5.32 Å². The maximum Gasteiger partial charge on any atom is 0.115 e. The van der Waals surface area contributed by atoms with Gasteiger partial charge in [0.1, 0.15) is 5.75 Å². The van der Waals surface area contributed by atoms with Gasteiger partial charge in [0.25, 0.3) is 0 Å². The number of phenolic OH excluding ortho intramolecular Hbond substituents is 1. The zero-order valence-electron chi connectivity index (χ0n) is 12.2. The summed E-state index contributed by atoms with van der Waals surface area (Å²) in [5.74, 6) is 0.316. The number of hydrogen-bond acceptors (Lipinski definition) is 3. The number of aromatic hydroxyl groups is 1. The summed E-state index contributed by atoms with van der Waals surface area (Å²) in [7, 11) is 0. The van der Waals surface area contributed by atoms with Gasteiger partial charge in [0.15, 0.2) is 0 Å². The van der Waals surface area contributed by atoms with Crippen molar-refractivity contribution in [2.45, 2.75) is 19.8 Å². The van der Waals surface area contributed by atoms with E-state index >= 15 is 0 Å². The minimum Gasteiger partial charge on any atom is -0.508 e. The van der Waals surface area contributed by atoms with E-state index in [0.717, 1.165) is 23.3 Å². The highest BCUT2D eigenvalue weighted by Crippen LogP contribution is 2.13. The zero-order chi connectivity index (χ0) is 14.9. The molecule has 0 saturated heterocycles. The Morgan fingerprint density at radius 2 is 1.86 bits per heavy atom. The average molecular weight is 283 g/mol. The molecule has 21 heavy (non-hydrogen) atoms. The Balaban J connectivity index is 0.000000159. The van der Waals surface area contributed by atoms with Crippen LogP contribution in [0, 0.1) is 0 Å². The van der Waals surface area contributed by atoms with E-state index in [1.165, 1.54) is 12.8 Å². The molecule has 0 aliphatic rings. The summed E-state index contributed by atoms with van der Waals surface area (Å²) in [5.41, 5.74) is 3.19. The number of anilines is 1. The zero-order valence-corrected chi connectivity index (χ0v) is 12.2. The predicted molar refractivity (Wildman–Crippen MR) is 87.6 cm³/mol. The minimum absolute atomic E-state index is 0.316. The molecule has 3 N–H and O–H groups in total. The second kappa shape index (κ2) is 7.94. The monoisotopic (exact) mass is 283 g/mol. The third-order valence-electron chi connectivity index (χ3n) is 3.05. The molecule has 1 heterocycles. The highest BCUT2D eigenvalue weighted by Gasteiger charge is 1.90. The number of rotatable bonds is 4. The molecule has 0 spiro atoms. The number of fused-ring (bicyclic) bond motifs is 1. The third kappa shape index (κ3) is 4.84. The molecular formula is C17H21N3O. The third-order valence-corrected chi connectivity index (χ3v) is 3.05. The van der Waals surface area contributed by atoms with Crippen LogP contribution in [0.5, 0.6) is 5.75 Å². The van der Waals surface area contributed by atoms with Gasteiger partial charge in [0, 0.05) is 12.2 Å². The lowest BCUT2D eigenvalue weighted by atomic mass is 10.3. The lowest BCUT2D eigenvalue weighted by Crippen LogP contribution is -1.99. The highest BCUT2D eigenvalue weighted by atomic mass is 16.3. The topological polar surface area (TPSA) is 60.9 Å². The van der Waals surface area contributed by atoms with E-state index in [-0.39, 0.29) is 0 Å². The van der Waals surface area contributed by atoms with Crippen molar-refractivity contribution in [1.29, 1.82) is 0 Å². The molecule has 0 saturated carbocycles. The summed E-state index contributed by atoms with van der Waals surface area (Å²) in [6.45, 7) is 3.17. The molecule has 110 valence electrons. The molecule has 0 aliphatic heterocycles. The van der Waals surface area contributed by atoms with Crippen molar-refractivity contribution < 1.29 is 5.11 Å². The molecule has 3 aromatic rings. The van der Waals surface area contributed by atoms with Gasteiger partial charge < -0.3 is 15.4 Å². The van der Waals surface area contributed by atoms with Crippen LogP contribution in [0.25, 0.3) is 11.0 Å². The summed E-state index contributed by atoms with van der Waals surface area (Å²) < 4.78 is 0. The van der Waals surface area contributed by atoms with Crippen LogP contribution in [0.15, 0.2) is 54.9 Å². The van der Waals surface area contributed by atoms with E-state index < -0.39 is 0 Å². The number of nitrogens with one attached hydrogen (secondary N) is 2. The van der Waals surface area contributed by atoms with Crippen LogP contribution in [-0.4, -0.2) is 21.6 Å². The number of hydrogen-bond donors (Lipinski definition) is 3. The van der Waals surface area contributed by atoms with Crippen molar-refractivity contribution in [3.63, 3.8) is 0 Å². The molecule has 0 bridgehead atoms. The second-order valence-electron chi connectivity index (χ2n) is 4.75. The predicted octanol–water partition coefficient (Wildman–Crippen LogP) is 4.17. The maximum atomic E-state index is 9.00. The molecule has 0 unspecified atom stereocenters. The van der Waals surface area contributed by atoms with Gasteiger partial charge >= 0.3 is 0 Å². The molecule has 0 amide bonds. The molecule has 3 rings (SSSR count). The summed E-state index contributed by atoms with van der Waals surface area (Å²) in [6, 6.07) is 15.1. The van der Waals surface area contributed by atoms with Crippen LogP contribution in [0.3, 0.4) is 0 Å². The van der Waals surface area contributed by atoms with Gasteiger partial charge in [-0.05, 0) is 42.8 Å². The average Bonchev–Trinajstić information content (AvgIpc) is 2.99. The SMILES string of the molecule is CCCCNc1ccc(O)cc1.c1ccc2[nH]cnc2c1. The number of nitrogens with zero attached hydrogens (tertiary/aromatic N) is 1. The van der Waals surface area contributed by atoms with Gasteiger partial charge in [-0.1, -0.05) is 25.5 Å². The van der Waals surface area contributed by atoms with Crippen molar-refractivity contribution >= 4 is 16.7 Å². The molecular weight excluding hydrogens is 262 g/mol. The first kappa shape index (κ1) is 14.9. The number of benzene rings is 2. The molecule has 0 fully saturated rings. The number of imidazole rings is 1. The Morgan fingerprint density at radius 3 is 2.57 bits per heavy atom. The van der Waals surface area contributed by atoms with E-state index in [9.17, 15) is 0 Å². The van der Waals surface area contributed by atoms with Crippen LogP contribution in [-0.2, 0) is 0 Å². The summed E-state index contributed by atoms with van der Waals surface area (Å²) in [4.78, 5) is 7.07. The number of phenols is 1. The second-order valence-corrected chi connectivity index (χ2v) is 4.75. The van der Waals surface area contributed by atoms with Gasteiger partial charge in [0.05, 0.1) is 17.4 Å². The van der Waals surface area contributed by atoms with Crippen LogP contribution in [0.1, 0.15) is 19.8 Å². The smallest absolute Gasteiger partial charge is 0.115 e. The normalized spacial score (nSPS) is 9.95. The molecule has 2 aromatic carbocycles. The van der Waals surface area contributed by atoms with Gasteiger partial charge in [-0.15, -0.1) is 0 Å². The van der Waals surface area contributed by atoms with Crippen molar-refractivity contribution in [2.75, 3.05) is 11.9 Å². The number of aromatic nitrogens is 2. The van der Waals surface area contributed by atoms with Crippen molar-refractivity contribution in [3.8, 4) is 5.75 Å². The molecule has 0 radical (unpaired) electrons. The fraction of sp³-hybridized carbons (Fsp3) is 0.235. The van der Waals surface area contributed by atoms with Crippen LogP contribution in [0.4, 0.5) is 5.69 Å². The van der Waals surface area contributed by atoms with E-state index in [1.54, 1.807) is 18.5 Å². The van der Waals surface area contributed by atoms with E-state index in [2.05, 4.69) is 22.2 Å². The van der Waals surface area contributed by atoms with E-state index in [0.29, 0.717) is 5.75 Å². The minimum atomic E-state index is 0.316. The first-order valence-corrected chi connectivity index (χ1v) is 7.20. The Labute approximate surface area is 124 Å². The summed E-state index contributed by atoms with van der Waals surface area (Å²) >= 11 is 0. The molecule has 1 aromatic heterocycles. The lowest BCUT2D eigenvalue weighted by Gasteiger charge is -2.04. The fourth-order valence-corrected chi connectivity index (χ4v) is 1.87. The number of unbranched alkanes of at least 4 members (excludes halogenated alkanes) is 1. The number of para-hydroxylation sites is 2. The Morgan fingerprint density at radius 1 is 1.10 bits per heavy atom. The summed E-state index contributed by atoms with van der Waals surface area (Å²) in [5, 5.41) is 12.3. The fourth-order valence-electron chi connectivity index (χ4n) is 1.87. The maximum absolute atomic E-state index is 9.00.